The van der Waals surface area contributed by atoms with Crippen molar-refractivity contribution in [1.29, 1.82) is 0 Å². The van der Waals surface area contributed by atoms with E-state index in [1.54, 1.807) is 0 Å². The fraction of sp³-hybridized carbons (Fsp3) is 0.750. The van der Waals surface area contributed by atoms with Crippen molar-refractivity contribution in [3.8, 4) is 6.01 Å². The first-order chi connectivity index (χ1) is 9.44. The summed E-state index contributed by atoms with van der Waals surface area (Å²) in [6, 6.07) is 0.536. The molecule has 4 heteroatoms. The van der Waals surface area contributed by atoms with E-state index in [1.165, 1.54) is 19.3 Å². The Kier molecular flexibility index (Phi) is 4.97. The van der Waals surface area contributed by atoms with Gasteiger partial charge < -0.3 is 10.1 Å². The molecule has 1 heterocycles. The maximum Gasteiger partial charge on any atom is 0.316 e. The normalized spacial score (nSPS) is 17.2. The van der Waals surface area contributed by atoms with Gasteiger partial charge in [-0.3, -0.25) is 0 Å². The summed E-state index contributed by atoms with van der Waals surface area (Å²) in [5, 5.41) is 3.46. The number of rotatable bonds is 4. The summed E-state index contributed by atoms with van der Waals surface area (Å²) in [7, 11) is 0. The predicted octanol–water partition coefficient (Wildman–Crippen LogP) is 3.38. The van der Waals surface area contributed by atoms with Gasteiger partial charge in [-0.2, -0.15) is 0 Å². The second-order valence-corrected chi connectivity index (χ2v) is 6.74. The SMILES string of the molecule is Cc1nc(OC2CCCCC2)ncc1CNC(C)(C)C. The Morgan fingerprint density at radius 3 is 2.55 bits per heavy atom. The van der Waals surface area contributed by atoms with Gasteiger partial charge in [0.15, 0.2) is 0 Å². The van der Waals surface area contributed by atoms with Crippen LogP contribution in [-0.4, -0.2) is 21.6 Å². The molecule has 1 saturated carbocycles. The molecule has 0 saturated heterocycles. The van der Waals surface area contributed by atoms with Gasteiger partial charge >= 0.3 is 6.01 Å². The Bertz CT molecular complexity index is 434. The zero-order valence-corrected chi connectivity index (χ0v) is 13.2. The van der Waals surface area contributed by atoms with Gasteiger partial charge in [-0.25, -0.2) is 9.97 Å². The number of nitrogens with one attached hydrogen (secondary N) is 1. The van der Waals surface area contributed by atoms with E-state index in [-0.39, 0.29) is 5.54 Å². The summed E-state index contributed by atoms with van der Waals surface area (Å²) < 4.78 is 5.89. The van der Waals surface area contributed by atoms with Gasteiger partial charge in [0.25, 0.3) is 0 Å². The van der Waals surface area contributed by atoms with E-state index in [0.29, 0.717) is 12.1 Å². The number of aromatic nitrogens is 2. The largest absolute Gasteiger partial charge is 0.460 e. The molecule has 0 aromatic carbocycles. The molecular weight excluding hydrogens is 250 g/mol. The van der Waals surface area contributed by atoms with E-state index in [9.17, 15) is 0 Å². The Morgan fingerprint density at radius 1 is 1.25 bits per heavy atom. The highest BCUT2D eigenvalue weighted by atomic mass is 16.5. The highest BCUT2D eigenvalue weighted by Gasteiger charge is 2.17. The van der Waals surface area contributed by atoms with Gasteiger partial charge in [-0.1, -0.05) is 6.42 Å². The smallest absolute Gasteiger partial charge is 0.316 e. The molecular formula is C16H27N3O. The molecule has 1 fully saturated rings. The predicted molar refractivity (Wildman–Crippen MR) is 80.9 cm³/mol. The fourth-order valence-corrected chi connectivity index (χ4v) is 2.39. The molecule has 0 unspecified atom stereocenters. The summed E-state index contributed by atoms with van der Waals surface area (Å²) in [5.74, 6) is 0. The Labute approximate surface area is 122 Å². The number of ether oxygens (including phenoxy) is 1. The van der Waals surface area contributed by atoms with Gasteiger partial charge in [0.2, 0.25) is 0 Å². The van der Waals surface area contributed by atoms with Crippen LogP contribution in [-0.2, 0) is 6.54 Å². The van der Waals surface area contributed by atoms with E-state index in [2.05, 4.69) is 36.1 Å². The van der Waals surface area contributed by atoms with Crippen molar-refractivity contribution in [2.45, 2.75) is 78.0 Å². The summed E-state index contributed by atoms with van der Waals surface area (Å²) in [6.07, 6.45) is 8.32. The van der Waals surface area contributed by atoms with Crippen molar-refractivity contribution in [2.24, 2.45) is 0 Å². The van der Waals surface area contributed by atoms with E-state index in [4.69, 9.17) is 4.74 Å². The average molecular weight is 277 g/mol. The molecule has 1 N–H and O–H groups in total. The van der Waals surface area contributed by atoms with Crippen molar-refractivity contribution >= 4 is 0 Å². The Balaban J connectivity index is 1.94. The van der Waals surface area contributed by atoms with Gasteiger partial charge in [0.1, 0.15) is 6.10 Å². The maximum atomic E-state index is 5.89. The third-order valence-electron chi connectivity index (χ3n) is 3.69. The molecule has 0 atom stereocenters. The van der Waals surface area contributed by atoms with Crippen molar-refractivity contribution in [2.75, 3.05) is 0 Å². The lowest BCUT2D eigenvalue weighted by molar-refractivity contribution is 0.141. The van der Waals surface area contributed by atoms with Crippen LogP contribution in [0.3, 0.4) is 0 Å². The summed E-state index contributed by atoms with van der Waals surface area (Å²) in [5.41, 5.74) is 2.24. The molecule has 0 spiro atoms. The highest BCUT2D eigenvalue weighted by Crippen LogP contribution is 2.21. The number of nitrogens with zero attached hydrogens (tertiary/aromatic N) is 2. The molecule has 0 aliphatic heterocycles. The third kappa shape index (κ3) is 4.75. The van der Waals surface area contributed by atoms with Crippen molar-refractivity contribution in [1.82, 2.24) is 15.3 Å². The van der Waals surface area contributed by atoms with E-state index in [1.807, 2.05) is 13.1 Å². The fourth-order valence-electron chi connectivity index (χ4n) is 2.39. The monoisotopic (exact) mass is 277 g/mol. The van der Waals surface area contributed by atoms with Crippen LogP contribution in [0.1, 0.15) is 64.1 Å². The lowest BCUT2D eigenvalue weighted by atomic mass is 9.98. The lowest BCUT2D eigenvalue weighted by Crippen LogP contribution is -2.35. The summed E-state index contributed by atoms with van der Waals surface area (Å²) in [4.78, 5) is 8.86. The molecule has 1 aromatic heterocycles. The second kappa shape index (κ2) is 6.53. The van der Waals surface area contributed by atoms with Crippen LogP contribution < -0.4 is 10.1 Å². The van der Waals surface area contributed by atoms with Crippen LogP contribution in [0, 0.1) is 6.92 Å². The molecule has 1 aromatic rings. The lowest BCUT2D eigenvalue weighted by Gasteiger charge is -2.23. The van der Waals surface area contributed by atoms with Gasteiger partial charge in [-0.15, -0.1) is 0 Å². The van der Waals surface area contributed by atoms with Crippen LogP contribution >= 0.6 is 0 Å². The molecule has 0 bridgehead atoms. The molecule has 2 rings (SSSR count). The van der Waals surface area contributed by atoms with Gasteiger partial charge in [0, 0.05) is 29.5 Å². The minimum Gasteiger partial charge on any atom is -0.460 e. The average Bonchev–Trinajstić information content (AvgIpc) is 2.38. The van der Waals surface area contributed by atoms with Gasteiger partial charge in [-0.05, 0) is 53.4 Å². The molecule has 112 valence electrons. The number of hydrogen-bond donors (Lipinski definition) is 1. The van der Waals surface area contributed by atoms with Crippen LogP contribution in [0.2, 0.25) is 0 Å². The molecule has 0 amide bonds. The standard InChI is InChI=1S/C16H27N3O/c1-12-13(11-18-16(2,3)4)10-17-15(19-12)20-14-8-6-5-7-9-14/h10,14,18H,5-9,11H2,1-4H3. The highest BCUT2D eigenvalue weighted by molar-refractivity contribution is 5.18. The van der Waals surface area contributed by atoms with E-state index >= 15 is 0 Å². The first-order valence-corrected chi connectivity index (χ1v) is 7.68. The zero-order chi connectivity index (χ0) is 14.6. The Hall–Kier alpha value is -1.16. The summed E-state index contributed by atoms with van der Waals surface area (Å²) >= 11 is 0. The zero-order valence-electron chi connectivity index (χ0n) is 13.2. The molecule has 0 radical (unpaired) electrons. The van der Waals surface area contributed by atoms with Crippen molar-refractivity contribution in [3.05, 3.63) is 17.5 Å². The minimum absolute atomic E-state index is 0.101. The van der Waals surface area contributed by atoms with Crippen LogP contribution in [0.15, 0.2) is 6.20 Å². The first-order valence-electron chi connectivity index (χ1n) is 7.68. The Morgan fingerprint density at radius 2 is 1.95 bits per heavy atom. The second-order valence-electron chi connectivity index (χ2n) is 6.74. The molecule has 20 heavy (non-hydrogen) atoms. The van der Waals surface area contributed by atoms with Crippen LogP contribution in [0.4, 0.5) is 0 Å². The topological polar surface area (TPSA) is 47.0 Å². The quantitative estimate of drug-likeness (QED) is 0.916. The van der Waals surface area contributed by atoms with Crippen molar-refractivity contribution in [3.63, 3.8) is 0 Å². The number of hydrogen-bond acceptors (Lipinski definition) is 4. The molecule has 4 nitrogen and oxygen atoms in total. The van der Waals surface area contributed by atoms with E-state index < -0.39 is 0 Å². The van der Waals surface area contributed by atoms with E-state index in [0.717, 1.165) is 30.6 Å². The van der Waals surface area contributed by atoms with Crippen molar-refractivity contribution < 1.29 is 4.74 Å². The van der Waals surface area contributed by atoms with Crippen LogP contribution in [0.5, 0.6) is 6.01 Å². The number of aryl methyl sites for hydroxylation is 1. The molecule has 1 aliphatic carbocycles. The maximum absolute atomic E-state index is 5.89. The summed E-state index contributed by atoms with van der Waals surface area (Å²) in [6.45, 7) is 9.28. The molecule has 1 aliphatic rings. The third-order valence-corrected chi connectivity index (χ3v) is 3.69. The van der Waals surface area contributed by atoms with Gasteiger partial charge in [0.05, 0.1) is 0 Å². The first kappa shape index (κ1) is 15.2. The van der Waals surface area contributed by atoms with Crippen LogP contribution in [0.25, 0.3) is 0 Å². The minimum atomic E-state index is 0.101.